The number of likely N-dealkylation sites (N-methyl/N-ethyl adjacent to an activating group) is 1. The number of ether oxygens (including phenoxy) is 1. The molecule has 0 radical (unpaired) electrons. The van der Waals surface area contributed by atoms with Gasteiger partial charge in [0.15, 0.2) is 0 Å². The van der Waals surface area contributed by atoms with Crippen LogP contribution in [0.15, 0.2) is 24.3 Å². The topological polar surface area (TPSA) is 48.6 Å². The molecule has 128 valence electrons. The van der Waals surface area contributed by atoms with Gasteiger partial charge in [-0.2, -0.15) is 0 Å². The lowest BCUT2D eigenvalue weighted by Crippen LogP contribution is -2.46. The van der Waals surface area contributed by atoms with Crippen molar-refractivity contribution in [1.82, 2.24) is 14.8 Å². The maximum atomic E-state index is 13.1. The zero-order valence-corrected chi connectivity index (χ0v) is 14.4. The minimum Gasteiger partial charge on any atom is -0.379 e. The number of hydrogen-bond donors (Lipinski definition) is 1. The number of amides is 1. The minimum atomic E-state index is 0.167. The quantitative estimate of drug-likeness (QED) is 0.915. The van der Waals surface area contributed by atoms with Crippen LogP contribution in [0.1, 0.15) is 11.3 Å². The molecule has 0 spiro atoms. The van der Waals surface area contributed by atoms with Gasteiger partial charge in [-0.05, 0) is 25.6 Å². The number of rotatable bonds is 2. The number of H-pyrrole nitrogens is 1. The molecule has 3 heterocycles. The number of hydrogen-bond acceptors (Lipinski definition) is 3. The van der Waals surface area contributed by atoms with Crippen LogP contribution < -0.4 is 0 Å². The minimum absolute atomic E-state index is 0.167. The summed E-state index contributed by atoms with van der Waals surface area (Å²) >= 11 is 0. The molecule has 1 aromatic carbocycles. The Hall–Kier alpha value is -1.85. The van der Waals surface area contributed by atoms with Crippen LogP contribution in [-0.4, -0.2) is 66.6 Å². The lowest BCUT2D eigenvalue weighted by Gasteiger charge is -2.29. The van der Waals surface area contributed by atoms with Crippen LogP contribution in [0.5, 0.6) is 0 Å². The molecule has 2 fully saturated rings. The van der Waals surface area contributed by atoms with Gasteiger partial charge in [-0.1, -0.05) is 18.2 Å². The van der Waals surface area contributed by atoms with Gasteiger partial charge in [0.25, 0.3) is 0 Å². The van der Waals surface area contributed by atoms with Crippen LogP contribution >= 0.6 is 0 Å². The van der Waals surface area contributed by atoms with Crippen LogP contribution in [-0.2, 0) is 16.0 Å². The molecule has 1 amide bonds. The first-order chi connectivity index (χ1) is 11.6. The van der Waals surface area contributed by atoms with Crippen molar-refractivity contribution in [2.45, 2.75) is 19.4 Å². The Morgan fingerprint density at radius 1 is 1.25 bits per heavy atom. The first-order valence-electron chi connectivity index (χ1n) is 8.73. The summed E-state index contributed by atoms with van der Waals surface area (Å²) in [7, 11) is 2.14. The van der Waals surface area contributed by atoms with E-state index >= 15 is 0 Å². The van der Waals surface area contributed by atoms with Gasteiger partial charge in [-0.3, -0.25) is 4.79 Å². The largest absolute Gasteiger partial charge is 0.379 e. The molecule has 5 nitrogen and oxygen atoms in total. The molecule has 0 saturated carbocycles. The highest BCUT2D eigenvalue weighted by Crippen LogP contribution is 2.25. The fourth-order valence-electron chi connectivity index (χ4n) is 4.20. The third-order valence-corrected chi connectivity index (χ3v) is 5.33. The fourth-order valence-corrected chi connectivity index (χ4v) is 4.20. The number of nitrogens with zero attached hydrogens (tertiary/aromatic N) is 2. The zero-order chi connectivity index (χ0) is 16.7. The van der Waals surface area contributed by atoms with Gasteiger partial charge in [0.1, 0.15) is 0 Å². The molecule has 2 atom stereocenters. The van der Waals surface area contributed by atoms with Crippen molar-refractivity contribution in [2.24, 2.45) is 5.92 Å². The normalized spacial score (nSPS) is 25.0. The molecule has 0 aliphatic carbocycles. The van der Waals surface area contributed by atoms with Crippen LogP contribution in [0, 0.1) is 12.8 Å². The molecule has 5 heteroatoms. The summed E-state index contributed by atoms with van der Waals surface area (Å²) < 4.78 is 5.79. The molecule has 2 aliphatic heterocycles. The molecule has 2 bridgehead atoms. The van der Waals surface area contributed by atoms with E-state index in [1.54, 1.807) is 0 Å². The Morgan fingerprint density at radius 3 is 2.96 bits per heavy atom. The third kappa shape index (κ3) is 2.82. The van der Waals surface area contributed by atoms with E-state index in [9.17, 15) is 4.79 Å². The Bertz CT molecular complexity index is 754. The van der Waals surface area contributed by atoms with Crippen LogP contribution in [0.25, 0.3) is 10.9 Å². The second-order valence-corrected chi connectivity index (χ2v) is 7.28. The number of carbonyl (C=O) groups is 1. The number of aromatic nitrogens is 1. The Labute approximate surface area is 142 Å². The van der Waals surface area contributed by atoms with E-state index in [1.807, 2.05) is 12.1 Å². The number of nitrogens with one attached hydrogen (secondary N) is 1. The number of carbonyl (C=O) groups excluding carboxylic acids is 1. The number of fused-ring (bicyclic) bond motifs is 4. The highest BCUT2D eigenvalue weighted by atomic mass is 16.5. The molecule has 0 unspecified atom stereocenters. The predicted molar refractivity (Wildman–Crippen MR) is 94.0 cm³/mol. The lowest BCUT2D eigenvalue weighted by molar-refractivity contribution is -0.133. The van der Waals surface area contributed by atoms with Crippen LogP contribution in [0.4, 0.5) is 0 Å². The summed E-state index contributed by atoms with van der Waals surface area (Å²) in [6.07, 6.45) is 0.461. The highest BCUT2D eigenvalue weighted by Gasteiger charge is 2.34. The van der Waals surface area contributed by atoms with Gasteiger partial charge < -0.3 is 19.5 Å². The van der Waals surface area contributed by atoms with Gasteiger partial charge in [0.2, 0.25) is 5.91 Å². The van der Waals surface area contributed by atoms with Crippen molar-refractivity contribution < 1.29 is 9.53 Å². The molecule has 4 rings (SSSR count). The van der Waals surface area contributed by atoms with Crippen molar-refractivity contribution in [1.29, 1.82) is 0 Å². The van der Waals surface area contributed by atoms with Gasteiger partial charge in [0, 0.05) is 42.1 Å². The van der Waals surface area contributed by atoms with Crippen LogP contribution in [0.2, 0.25) is 0 Å². The molecular weight excluding hydrogens is 302 g/mol. The van der Waals surface area contributed by atoms with Crippen molar-refractivity contribution in [3.63, 3.8) is 0 Å². The molecule has 2 saturated heterocycles. The number of aromatic amines is 1. The summed E-state index contributed by atoms with van der Waals surface area (Å²) in [4.78, 5) is 20.9. The van der Waals surface area contributed by atoms with Crippen LogP contribution in [0.3, 0.4) is 0 Å². The summed E-state index contributed by atoms with van der Waals surface area (Å²) in [6, 6.07) is 8.39. The smallest absolute Gasteiger partial charge is 0.227 e. The average molecular weight is 327 g/mol. The fraction of sp³-hybridized carbons (Fsp3) is 0.526. The average Bonchev–Trinajstić information content (AvgIpc) is 2.68. The first kappa shape index (κ1) is 15.7. The van der Waals surface area contributed by atoms with Gasteiger partial charge in [0.05, 0.1) is 25.7 Å². The standard InChI is InChI=1S/C19H25N3O2/c1-13-17(16-5-3-4-6-18(16)20-13)7-19(23)22-9-14-8-21(2)10-15(22)12-24-11-14/h3-6,14-15,20H,7-12H2,1-2H3/t14-,15-/m0/s1. The third-order valence-electron chi connectivity index (χ3n) is 5.33. The van der Waals surface area contributed by atoms with E-state index in [1.165, 1.54) is 0 Å². The second kappa shape index (κ2) is 6.22. The maximum absolute atomic E-state index is 13.1. The van der Waals surface area contributed by atoms with Crippen molar-refractivity contribution in [2.75, 3.05) is 39.9 Å². The molecule has 2 aromatic rings. The van der Waals surface area contributed by atoms with E-state index in [4.69, 9.17) is 4.74 Å². The first-order valence-corrected chi connectivity index (χ1v) is 8.73. The van der Waals surface area contributed by atoms with E-state index in [-0.39, 0.29) is 11.9 Å². The summed E-state index contributed by atoms with van der Waals surface area (Å²) in [6.45, 7) is 6.19. The molecule has 1 N–H and O–H groups in total. The number of benzene rings is 1. The van der Waals surface area contributed by atoms with E-state index in [0.29, 0.717) is 18.9 Å². The van der Waals surface area contributed by atoms with Gasteiger partial charge in [-0.15, -0.1) is 0 Å². The summed E-state index contributed by atoms with van der Waals surface area (Å²) in [5, 5.41) is 1.16. The molecule has 24 heavy (non-hydrogen) atoms. The predicted octanol–water partition coefficient (Wildman–Crippen LogP) is 1.81. The van der Waals surface area contributed by atoms with E-state index in [0.717, 1.165) is 48.4 Å². The summed E-state index contributed by atoms with van der Waals surface area (Å²) in [5.41, 5.74) is 3.33. The number of aryl methyl sites for hydroxylation is 1. The monoisotopic (exact) mass is 327 g/mol. The Balaban J connectivity index is 1.60. The van der Waals surface area contributed by atoms with Crippen molar-refractivity contribution >= 4 is 16.8 Å². The summed E-state index contributed by atoms with van der Waals surface area (Å²) in [5.74, 6) is 0.633. The lowest BCUT2D eigenvalue weighted by atomic mass is 10.1. The molecule has 1 aromatic heterocycles. The maximum Gasteiger partial charge on any atom is 0.227 e. The highest BCUT2D eigenvalue weighted by molar-refractivity contribution is 5.90. The van der Waals surface area contributed by atoms with Crippen molar-refractivity contribution in [3.8, 4) is 0 Å². The zero-order valence-electron chi connectivity index (χ0n) is 14.4. The van der Waals surface area contributed by atoms with Gasteiger partial charge >= 0.3 is 0 Å². The molecule has 2 aliphatic rings. The van der Waals surface area contributed by atoms with E-state index < -0.39 is 0 Å². The Kier molecular flexibility index (Phi) is 4.06. The van der Waals surface area contributed by atoms with Crippen molar-refractivity contribution in [3.05, 3.63) is 35.5 Å². The van der Waals surface area contributed by atoms with Gasteiger partial charge in [-0.25, -0.2) is 0 Å². The molecular formula is C19H25N3O2. The van der Waals surface area contributed by atoms with E-state index in [2.05, 4.69) is 40.9 Å². The number of para-hydroxylation sites is 1. The SMILES string of the molecule is Cc1[nH]c2ccccc2c1CC(=O)N1C[C@H]2COC[C@@H]1CN(C)C2. The second-order valence-electron chi connectivity index (χ2n) is 7.28. The Morgan fingerprint density at radius 2 is 2.08 bits per heavy atom.